The fourth-order valence-corrected chi connectivity index (χ4v) is 3.69. The lowest BCUT2D eigenvalue weighted by atomic mass is 10.2. The van der Waals surface area contributed by atoms with Crippen molar-refractivity contribution < 1.29 is 17.5 Å². The largest absolute Gasteiger partial charge is 0.489 e. The third-order valence-electron chi connectivity index (χ3n) is 3.09. The van der Waals surface area contributed by atoms with Gasteiger partial charge in [-0.2, -0.15) is 0 Å². The summed E-state index contributed by atoms with van der Waals surface area (Å²) < 4.78 is 45.6. The van der Waals surface area contributed by atoms with E-state index in [1.807, 2.05) is 0 Å². The molecule has 0 fully saturated rings. The van der Waals surface area contributed by atoms with E-state index in [0.717, 1.165) is 6.07 Å². The van der Waals surface area contributed by atoms with Gasteiger partial charge in [0.1, 0.15) is 23.1 Å². The maximum Gasteiger partial charge on any atom is 0.267 e. The second-order valence-electron chi connectivity index (χ2n) is 4.32. The quantitative estimate of drug-likeness (QED) is 0.854. The highest BCUT2D eigenvalue weighted by atomic mass is 32.2. The Morgan fingerprint density at radius 1 is 1.05 bits per heavy atom. The van der Waals surface area contributed by atoms with Gasteiger partial charge in [-0.25, -0.2) is 12.8 Å². The molecule has 0 saturated heterocycles. The van der Waals surface area contributed by atoms with Crippen LogP contribution in [0, 0.1) is 5.82 Å². The van der Waals surface area contributed by atoms with Crippen molar-refractivity contribution in [3.05, 3.63) is 54.3 Å². The van der Waals surface area contributed by atoms with Crippen LogP contribution < -0.4 is 9.04 Å². The molecule has 0 radical (unpaired) electrons. The van der Waals surface area contributed by atoms with Gasteiger partial charge in [-0.3, -0.25) is 4.31 Å². The van der Waals surface area contributed by atoms with Gasteiger partial charge in [0, 0.05) is 0 Å². The highest BCUT2D eigenvalue weighted by molar-refractivity contribution is 7.92. The molecule has 20 heavy (non-hydrogen) atoms. The standard InChI is InChI=1S/C14H12FNO3S/c15-11-5-1-4-8-14(11)20(17,18)16-9-10-19-13-7-3-2-6-12(13)16/h1-8H,9-10H2. The average molecular weight is 293 g/mol. The smallest absolute Gasteiger partial charge is 0.267 e. The fourth-order valence-electron chi connectivity index (χ4n) is 2.17. The fraction of sp³-hybridized carbons (Fsp3) is 0.143. The van der Waals surface area contributed by atoms with E-state index >= 15 is 0 Å². The first-order valence-corrected chi connectivity index (χ1v) is 7.54. The van der Waals surface area contributed by atoms with E-state index in [9.17, 15) is 12.8 Å². The molecule has 0 unspecified atom stereocenters. The average Bonchev–Trinajstić information content (AvgIpc) is 2.47. The van der Waals surface area contributed by atoms with E-state index in [4.69, 9.17) is 4.74 Å². The number of anilines is 1. The third kappa shape index (κ3) is 2.02. The Hall–Kier alpha value is -2.08. The van der Waals surface area contributed by atoms with Crippen LogP contribution in [0.5, 0.6) is 5.75 Å². The first kappa shape index (κ1) is 12.9. The predicted octanol–water partition coefficient (Wildman–Crippen LogP) is 2.41. The molecule has 6 heteroatoms. The summed E-state index contributed by atoms with van der Waals surface area (Å²) in [6, 6.07) is 12.2. The van der Waals surface area contributed by atoms with Crippen LogP contribution in [0.3, 0.4) is 0 Å². The monoisotopic (exact) mass is 293 g/mol. The van der Waals surface area contributed by atoms with Crippen molar-refractivity contribution in [1.29, 1.82) is 0 Å². The van der Waals surface area contributed by atoms with Crippen molar-refractivity contribution in [3.8, 4) is 5.75 Å². The molecule has 2 aromatic carbocycles. The molecule has 1 heterocycles. The van der Waals surface area contributed by atoms with Gasteiger partial charge in [-0.05, 0) is 24.3 Å². The zero-order chi connectivity index (χ0) is 14.2. The van der Waals surface area contributed by atoms with Gasteiger partial charge >= 0.3 is 0 Å². The Morgan fingerprint density at radius 3 is 2.55 bits per heavy atom. The maximum absolute atomic E-state index is 13.8. The lowest BCUT2D eigenvalue weighted by Crippen LogP contribution is -2.38. The number of para-hydroxylation sites is 2. The molecular weight excluding hydrogens is 281 g/mol. The van der Waals surface area contributed by atoms with Crippen molar-refractivity contribution in [2.75, 3.05) is 17.5 Å². The van der Waals surface area contributed by atoms with Crippen molar-refractivity contribution in [1.82, 2.24) is 0 Å². The predicted molar refractivity (Wildman–Crippen MR) is 72.9 cm³/mol. The van der Waals surface area contributed by atoms with E-state index < -0.39 is 15.8 Å². The highest BCUT2D eigenvalue weighted by Gasteiger charge is 2.31. The maximum atomic E-state index is 13.8. The summed E-state index contributed by atoms with van der Waals surface area (Å²) in [7, 11) is -3.93. The zero-order valence-corrected chi connectivity index (χ0v) is 11.3. The van der Waals surface area contributed by atoms with Crippen molar-refractivity contribution in [2.45, 2.75) is 4.90 Å². The highest BCUT2D eigenvalue weighted by Crippen LogP contribution is 2.35. The normalized spacial score (nSPS) is 14.6. The lowest BCUT2D eigenvalue weighted by Gasteiger charge is -2.30. The van der Waals surface area contributed by atoms with Crippen LogP contribution in [-0.2, 0) is 10.0 Å². The number of rotatable bonds is 2. The molecular formula is C14H12FNO3S. The number of benzene rings is 2. The topological polar surface area (TPSA) is 46.6 Å². The minimum absolute atomic E-state index is 0.160. The molecule has 0 bridgehead atoms. The van der Waals surface area contributed by atoms with Crippen molar-refractivity contribution >= 4 is 15.7 Å². The summed E-state index contributed by atoms with van der Waals surface area (Å²) in [6.45, 7) is 0.401. The third-order valence-corrected chi connectivity index (χ3v) is 4.94. The van der Waals surface area contributed by atoms with Crippen LogP contribution in [0.1, 0.15) is 0 Å². The summed E-state index contributed by atoms with van der Waals surface area (Å²) in [6.07, 6.45) is 0. The van der Waals surface area contributed by atoms with E-state index in [0.29, 0.717) is 11.4 Å². The van der Waals surface area contributed by atoms with Crippen LogP contribution in [0.2, 0.25) is 0 Å². The molecule has 0 atom stereocenters. The summed E-state index contributed by atoms with van der Waals surface area (Å²) in [5.74, 6) is -0.268. The summed E-state index contributed by atoms with van der Waals surface area (Å²) in [5, 5.41) is 0. The summed E-state index contributed by atoms with van der Waals surface area (Å²) in [5.41, 5.74) is 0.432. The van der Waals surface area contributed by atoms with Gasteiger partial charge < -0.3 is 4.74 Å². The van der Waals surface area contributed by atoms with Crippen LogP contribution >= 0.6 is 0 Å². The van der Waals surface area contributed by atoms with Crippen molar-refractivity contribution in [3.63, 3.8) is 0 Å². The summed E-state index contributed by atoms with van der Waals surface area (Å²) >= 11 is 0. The molecule has 2 aromatic rings. The van der Waals surface area contributed by atoms with Gasteiger partial charge in [0.15, 0.2) is 0 Å². The zero-order valence-electron chi connectivity index (χ0n) is 10.5. The Morgan fingerprint density at radius 2 is 1.75 bits per heavy atom. The molecule has 0 saturated carbocycles. The Balaban J connectivity index is 2.13. The molecule has 3 rings (SSSR count). The van der Waals surface area contributed by atoms with Crippen molar-refractivity contribution in [2.24, 2.45) is 0 Å². The molecule has 4 nitrogen and oxygen atoms in total. The second-order valence-corrected chi connectivity index (χ2v) is 6.15. The van der Waals surface area contributed by atoms with E-state index in [1.165, 1.54) is 22.5 Å². The van der Waals surface area contributed by atoms with E-state index in [1.54, 1.807) is 24.3 Å². The lowest BCUT2D eigenvalue weighted by molar-refractivity contribution is 0.315. The number of sulfonamides is 1. The van der Waals surface area contributed by atoms with E-state index in [2.05, 4.69) is 0 Å². The summed E-state index contributed by atoms with van der Waals surface area (Å²) in [4.78, 5) is -0.322. The Bertz CT molecular complexity index is 746. The number of fused-ring (bicyclic) bond motifs is 1. The molecule has 0 spiro atoms. The molecule has 1 aliphatic rings. The molecule has 0 N–H and O–H groups in total. The minimum atomic E-state index is -3.93. The van der Waals surface area contributed by atoms with Gasteiger partial charge in [0.05, 0.1) is 12.2 Å². The number of halogens is 1. The first-order chi connectivity index (χ1) is 9.60. The number of ether oxygens (including phenoxy) is 1. The minimum Gasteiger partial charge on any atom is -0.489 e. The SMILES string of the molecule is O=S(=O)(c1ccccc1F)N1CCOc2ccccc21. The van der Waals surface area contributed by atoms with Crippen LogP contribution in [0.15, 0.2) is 53.4 Å². The van der Waals surface area contributed by atoms with Crippen LogP contribution in [-0.4, -0.2) is 21.6 Å². The molecule has 0 amide bonds. The number of hydrogen-bond donors (Lipinski definition) is 0. The van der Waals surface area contributed by atoms with Crippen LogP contribution in [0.25, 0.3) is 0 Å². The second kappa shape index (κ2) is 4.79. The molecule has 1 aliphatic heterocycles. The first-order valence-electron chi connectivity index (χ1n) is 6.10. The van der Waals surface area contributed by atoms with Gasteiger partial charge in [-0.15, -0.1) is 0 Å². The Kier molecular flexibility index (Phi) is 3.10. The van der Waals surface area contributed by atoms with Crippen LogP contribution in [0.4, 0.5) is 10.1 Å². The van der Waals surface area contributed by atoms with Gasteiger partial charge in [0.2, 0.25) is 0 Å². The van der Waals surface area contributed by atoms with E-state index in [-0.39, 0.29) is 18.0 Å². The van der Waals surface area contributed by atoms with Gasteiger partial charge in [-0.1, -0.05) is 24.3 Å². The molecule has 0 aliphatic carbocycles. The Labute approximate surface area is 116 Å². The number of nitrogens with zero attached hydrogens (tertiary/aromatic N) is 1. The molecule has 104 valence electrons. The number of hydrogen-bond acceptors (Lipinski definition) is 3. The molecule has 0 aromatic heterocycles. The van der Waals surface area contributed by atoms with Gasteiger partial charge in [0.25, 0.3) is 10.0 Å².